The maximum absolute atomic E-state index is 12.9. The largest absolute Gasteiger partial charge is 0.371 e. The number of hydrogen-bond donors (Lipinski definition) is 0. The molecular weight excluding hydrogens is 311 g/mol. The highest BCUT2D eigenvalue weighted by molar-refractivity contribution is 5.98. The molecular formula is C18H17FN2O3. The Morgan fingerprint density at radius 1 is 1.04 bits per heavy atom. The number of nitro groups is 1. The molecule has 1 saturated heterocycles. The second kappa shape index (κ2) is 6.78. The number of hydrogen-bond acceptors (Lipinski definition) is 4. The van der Waals surface area contributed by atoms with Crippen LogP contribution in [0, 0.1) is 21.8 Å². The number of ketones is 1. The zero-order valence-electron chi connectivity index (χ0n) is 13.0. The molecule has 1 aliphatic rings. The van der Waals surface area contributed by atoms with Gasteiger partial charge in [0.25, 0.3) is 5.69 Å². The van der Waals surface area contributed by atoms with Crippen molar-refractivity contribution in [3.05, 3.63) is 70.0 Å². The Kier molecular flexibility index (Phi) is 4.55. The van der Waals surface area contributed by atoms with Crippen LogP contribution in [0.3, 0.4) is 0 Å². The second-order valence-corrected chi connectivity index (χ2v) is 5.91. The van der Waals surface area contributed by atoms with E-state index >= 15 is 0 Å². The van der Waals surface area contributed by atoms with Crippen LogP contribution in [0.5, 0.6) is 0 Å². The summed E-state index contributed by atoms with van der Waals surface area (Å²) in [5.41, 5.74) is 1.54. The van der Waals surface area contributed by atoms with Crippen LogP contribution in [0.4, 0.5) is 15.8 Å². The number of carbonyl (C=O) groups excluding carboxylic acids is 1. The Labute approximate surface area is 138 Å². The molecule has 0 bridgehead atoms. The fourth-order valence-electron chi connectivity index (χ4n) is 3.03. The lowest BCUT2D eigenvalue weighted by molar-refractivity contribution is -0.384. The fourth-order valence-corrected chi connectivity index (χ4v) is 3.03. The van der Waals surface area contributed by atoms with E-state index in [-0.39, 0.29) is 23.2 Å². The zero-order valence-corrected chi connectivity index (χ0v) is 13.0. The van der Waals surface area contributed by atoms with Crippen molar-refractivity contribution in [2.24, 2.45) is 5.92 Å². The molecule has 0 aliphatic carbocycles. The third kappa shape index (κ3) is 3.42. The van der Waals surface area contributed by atoms with E-state index in [1.165, 1.54) is 36.4 Å². The average molecular weight is 328 g/mol. The summed E-state index contributed by atoms with van der Waals surface area (Å²) < 4.78 is 12.9. The van der Waals surface area contributed by atoms with Crippen LogP contribution in [-0.4, -0.2) is 23.8 Å². The maximum atomic E-state index is 12.9. The van der Waals surface area contributed by atoms with Gasteiger partial charge in [0.15, 0.2) is 5.78 Å². The molecule has 0 N–H and O–H groups in total. The quantitative estimate of drug-likeness (QED) is 0.486. The van der Waals surface area contributed by atoms with Crippen molar-refractivity contribution in [3.63, 3.8) is 0 Å². The summed E-state index contributed by atoms with van der Waals surface area (Å²) in [5, 5.41) is 10.7. The lowest BCUT2D eigenvalue weighted by Crippen LogP contribution is -2.36. The van der Waals surface area contributed by atoms with Gasteiger partial charge in [0.05, 0.1) is 4.92 Å². The van der Waals surface area contributed by atoms with Gasteiger partial charge in [-0.25, -0.2) is 4.39 Å². The Hall–Kier alpha value is -2.76. The average Bonchev–Trinajstić information content (AvgIpc) is 2.62. The molecule has 1 fully saturated rings. The van der Waals surface area contributed by atoms with Crippen LogP contribution in [0.15, 0.2) is 48.5 Å². The molecule has 0 saturated carbocycles. The van der Waals surface area contributed by atoms with Gasteiger partial charge in [-0.2, -0.15) is 0 Å². The molecule has 0 radical (unpaired) electrons. The van der Waals surface area contributed by atoms with Crippen molar-refractivity contribution in [2.75, 3.05) is 18.0 Å². The van der Waals surface area contributed by atoms with Gasteiger partial charge in [-0.05, 0) is 49.2 Å². The summed E-state index contributed by atoms with van der Waals surface area (Å²) in [7, 11) is 0. The first-order valence-corrected chi connectivity index (χ1v) is 7.84. The van der Waals surface area contributed by atoms with E-state index in [4.69, 9.17) is 0 Å². The lowest BCUT2D eigenvalue weighted by Gasteiger charge is -2.33. The van der Waals surface area contributed by atoms with Crippen molar-refractivity contribution >= 4 is 17.2 Å². The topological polar surface area (TPSA) is 63.5 Å². The zero-order chi connectivity index (χ0) is 17.1. The SMILES string of the molecule is O=C(c1ccc(F)cc1)C1CCN(c2ccc([N+](=O)[O-])cc2)CC1. The van der Waals surface area contributed by atoms with E-state index in [0.717, 1.165) is 18.8 Å². The molecule has 1 aliphatic heterocycles. The standard InChI is InChI=1S/C18H17FN2O3/c19-15-3-1-13(2-4-15)18(22)14-9-11-20(12-10-14)16-5-7-17(8-6-16)21(23)24/h1-8,14H,9-12H2. The number of non-ortho nitro benzene ring substituents is 1. The third-order valence-corrected chi connectivity index (χ3v) is 4.42. The molecule has 6 heteroatoms. The van der Waals surface area contributed by atoms with Gasteiger partial charge >= 0.3 is 0 Å². The van der Waals surface area contributed by atoms with Crippen LogP contribution in [-0.2, 0) is 0 Å². The summed E-state index contributed by atoms with van der Waals surface area (Å²) in [6, 6.07) is 12.1. The lowest BCUT2D eigenvalue weighted by atomic mass is 9.88. The predicted octanol–water partition coefficient (Wildman–Crippen LogP) is 3.83. The summed E-state index contributed by atoms with van der Waals surface area (Å²) in [5.74, 6) is -0.359. The van der Waals surface area contributed by atoms with E-state index in [1.54, 1.807) is 12.1 Å². The van der Waals surface area contributed by atoms with Crippen molar-refractivity contribution in [1.82, 2.24) is 0 Å². The molecule has 3 rings (SSSR count). The van der Waals surface area contributed by atoms with Crippen LogP contribution < -0.4 is 4.90 Å². The minimum atomic E-state index is -0.419. The van der Waals surface area contributed by atoms with E-state index in [1.807, 2.05) is 0 Å². The van der Waals surface area contributed by atoms with E-state index < -0.39 is 4.92 Å². The number of carbonyl (C=O) groups is 1. The van der Waals surface area contributed by atoms with Crippen molar-refractivity contribution in [1.29, 1.82) is 0 Å². The Morgan fingerprint density at radius 2 is 1.62 bits per heavy atom. The Morgan fingerprint density at radius 3 is 2.17 bits per heavy atom. The second-order valence-electron chi connectivity index (χ2n) is 5.91. The summed E-state index contributed by atoms with van der Waals surface area (Å²) in [4.78, 5) is 24.9. The molecule has 0 unspecified atom stereocenters. The number of nitrogens with zero attached hydrogens (tertiary/aromatic N) is 2. The number of anilines is 1. The molecule has 0 aromatic heterocycles. The van der Waals surface area contributed by atoms with Crippen LogP contribution in [0.25, 0.3) is 0 Å². The van der Waals surface area contributed by atoms with Gasteiger partial charge in [0, 0.05) is 42.4 Å². The first-order valence-electron chi connectivity index (χ1n) is 7.84. The maximum Gasteiger partial charge on any atom is 0.269 e. The summed E-state index contributed by atoms with van der Waals surface area (Å²) in [6.07, 6.45) is 1.43. The van der Waals surface area contributed by atoms with Gasteiger partial charge in [-0.3, -0.25) is 14.9 Å². The van der Waals surface area contributed by atoms with Gasteiger partial charge in [-0.1, -0.05) is 0 Å². The van der Waals surface area contributed by atoms with E-state index in [0.29, 0.717) is 18.4 Å². The molecule has 24 heavy (non-hydrogen) atoms. The van der Waals surface area contributed by atoms with E-state index in [9.17, 15) is 19.3 Å². The number of piperidine rings is 1. The van der Waals surface area contributed by atoms with Gasteiger partial charge in [0.2, 0.25) is 0 Å². The number of halogens is 1. The molecule has 2 aromatic rings. The Balaban J connectivity index is 1.62. The van der Waals surface area contributed by atoms with Crippen LogP contribution in [0.2, 0.25) is 0 Å². The molecule has 1 heterocycles. The van der Waals surface area contributed by atoms with Crippen molar-refractivity contribution in [2.45, 2.75) is 12.8 Å². The van der Waals surface area contributed by atoms with Gasteiger partial charge < -0.3 is 4.90 Å². The first-order chi connectivity index (χ1) is 11.5. The van der Waals surface area contributed by atoms with Crippen LogP contribution >= 0.6 is 0 Å². The van der Waals surface area contributed by atoms with Gasteiger partial charge in [-0.15, -0.1) is 0 Å². The number of nitro benzene ring substituents is 1. The normalized spacial score (nSPS) is 15.3. The summed E-state index contributed by atoms with van der Waals surface area (Å²) >= 11 is 0. The molecule has 124 valence electrons. The summed E-state index contributed by atoms with van der Waals surface area (Å²) in [6.45, 7) is 1.44. The third-order valence-electron chi connectivity index (χ3n) is 4.42. The van der Waals surface area contributed by atoms with Gasteiger partial charge in [0.1, 0.15) is 5.82 Å². The van der Waals surface area contributed by atoms with Crippen LogP contribution in [0.1, 0.15) is 23.2 Å². The predicted molar refractivity (Wildman–Crippen MR) is 88.8 cm³/mol. The molecule has 2 aromatic carbocycles. The number of benzene rings is 2. The highest BCUT2D eigenvalue weighted by atomic mass is 19.1. The van der Waals surface area contributed by atoms with Crippen molar-refractivity contribution < 1.29 is 14.1 Å². The molecule has 0 atom stereocenters. The molecule has 0 spiro atoms. The minimum Gasteiger partial charge on any atom is -0.371 e. The monoisotopic (exact) mass is 328 g/mol. The Bertz CT molecular complexity index is 736. The molecule has 5 nitrogen and oxygen atoms in total. The highest BCUT2D eigenvalue weighted by Gasteiger charge is 2.26. The van der Waals surface area contributed by atoms with E-state index in [2.05, 4.69) is 4.90 Å². The highest BCUT2D eigenvalue weighted by Crippen LogP contribution is 2.27. The minimum absolute atomic E-state index is 0.0540. The fraction of sp³-hybridized carbons (Fsp3) is 0.278. The van der Waals surface area contributed by atoms with Crippen molar-refractivity contribution in [3.8, 4) is 0 Å². The smallest absolute Gasteiger partial charge is 0.269 e. The number of rotatable bonds is 4. The first kappa shape index (κ1) is 16.1. The number of Topliss-reactive ketones (excluding diaryl/α,β-unsaturated/α-hetero) is 1. The molecule has 0 amide bonds.